The molecule has 188 valence electrons. The van der Waals surface area contributed by atoms with Gasteiger partial charge in [0, 0.05) is 11.4 Å². The summed E-state index contributed by atoms with van der Waals surface area (Å²) in [6.45, 7) is 14.0. The molecule has 5 unspecified atom stereocenters. The number of alkyl halides is 1. The maximum absolute atomic E-state index is 7.13. The molecule has 0 aromatic carbocycles. The van der Waals surface area contributed by atoms with Crippen molar-refractivity contribution in [1.29, 1.82) is 0 Å². The van der Waals surface area contributed by atoms with Crippen molar-refractivity contribution < 1.29 is 4.74 Å². The van der Waals surface area contributed by atoms with Crippen LogP contribution in [-0.4, -0.2) is 17.0 Å². The summed E-state index contributed by atoms with van der Waals surface area (Å²) in [6, 6.07) is 0. The first kappa shape index (κ1) is 23.8. The van der Waals surface area contributed by atoms with Crippen LogP contribution in [0, 0.1) is 38.4 Å². The predicted octanol–water partition coefficient (Wildman–Crippen LogP) is 9.46. The number of halogens is 1. The molecular weight excluding hydrogens is 468 g/mol. The average Bonchev–Trinajstić information content (AvgIpc) is 2.60. The molecule has 8 rings (SSSR count). The molecule has 2 heteroatoms. The van der Waals surface area contributed by atoms with E-state index in [2.05, 4.69) is 50.5 Å². The Balaban J connectivity index is 1.30. The summed E-state index contributed by atoms with van der Waals surface area (Å²) in [5, 5.41) is 0. The van der Waals surface area contributed by atoms with Gasteiger partial charge in [0.2, 0.25) is 0 Å². The molecule has 8 saturated carbocycles. The predicted molar refractivity (Wildman–Crippen MR) is 142 cm³/mol. The van der Waals surface area contributed by atoms with Crippen molar-refractivity contribution in [3.8, 4) is 0 Å². The van der Waals surface area contributed by atoms with E-state index in [9.17, 15) is 0 Å². The highest BCUT2D eigenvalue weighted by Crippen LogP contribution is 2.82. The van der Waals surface area contributed by atoms with Gasteiger partial charge in [-0.25, -0.2) is 0 Å². The van der Waals surface area contributed by atoms with Crippen molar-refractivity contribution in [2.45, 2.75) is 148 Å². The molecule has 8 bridgehead atoms. The van der Waals surface area contributed by atoms with Crippen LogP contribution in [0.5, 0.6) is 0 Å². The van der Waals surface area contributed by atoms with Gasteiger partial charge in [0.05, 0.1) is 5.60 Å². The minimum atomic E-state index is 0.168. The molecule has 0 aliphatic heterocycles. The minimum absolute atomic E-state index is 0.168. The van der Waals surface area contributed by atoms with Crippen LogP contribution in [0.2, 0.25) is 0 Å². The normalized spacial score (nSPS) is 57.1. The molecule has 0 aromatic rings. The van der Waals surface area contributed by atoms with Crippen LogP contribution in [0.15, 0.2) is 0 Å². The second-order valence-electron chi connectivity index (χ2n) is 16.4. The van der Waals surface area contributed by atoms with Gasteiger partial charge in [0.15, 0.2) is 0 Å². The summed E-state index contributed by atoms with van der Waals surface area (Å²) < 4.78 is 7.13. The molecule has 5 atom stereocenters. The average molecular weight is 520 g/mol. The smallest absolute Gasteiger partial charge is 0.0698 e. The topological polar surface area (TPSA) is 9.23 Å². The van der Waals surface area contributed by atoms with Gasteiger partial charge in [-0.05, 0) is 128 Å². The monoisotopic (exact) mass is 518 g/mol. The molecule has 33 heavy (non-hydrogen) atoms. The van der Waals surface area contributed by atoms with Crippen LogP contribution in [0.25, 0.3) is 0 Å². The molecule has 0 N–H and O–H groups in total. The van der Waals surface area contributed by atoms with Crippen molar-refractivity contribution in [1.82, 2.24) is 0 Å². The Bertz CT molecular complexity index is 765. The first-order valence-electron chi connectivity index (χ1n) is 14.6. The van der Waals surface area contributed by atoms with Gasteiger partial charge in [-0.15, -0.1) is 0 Å². The van der Waals surface area contributed by atoms with E-state index in [1.807, 2.05) is 0 Å². The maximum atomic E-state index is 7.13. The maximum Gasteiger partial charge on any atom is 0.0698 e. The first-order valence-corrected chi connectivity index (χ1v) is 15.5. The van der Waals surface area contributed by atoms with Crippen molar-refractivity contribution in [2.75, 3.05) is 6.61 Å². The van der Waals surface area contributed by atoms with Crippen LogP contribution < -0.4 is 0 Å². The van der Waals surface area contributed by atoms with Gasteiger partial charge in [-0.3, -0.25) is 0 Å². The van der Waals surface area contributed by atoms with Crippen LogP contribution in [-0.2, 0) is 4.74 Å². The fraction of sp³-hybridized carbons (Fsp3) is 1.00. The molecule has 0 spiro atoms. The molecule has 0 heterocycles. The van der Waals surface area contributed by atoms with E-state index in [0.29, 0.717) is 37.3 Å². The zero-order chi connectivity index (χ0) is 23.4. The third-order valence-electron chi connectivity index (χ3n) is 12.0. The summed E-state index contributed by atoms with van der Waals surface area (Å²) in [5.41, 5.74) is 3.57. The molecule has 0 radical (unpaired) electrons. The lowest BCUT2D eigenvalue weighted by Crippen LogP contribution is -2.70. The number of hydrogen-bond acceptors (Lipinski definition) is 1. The fourth-order valence-corrected chi connectivity index (χ4v) is 13.8. The zero-order valence-electron chi connectivity index (χ0n) is 22.5. The highest BCUT2D eigenvalue weighted by atomic mass is 79.9. The molecule has 1 nitrogen and oxygen atoms in total. The minimum Gasteiger partial charge on any atom is -0.375 e. The number of ether oxygens (including phenoxy) is 1. The Morgan fingerprint density at radius 2 is 1.27 bits per heavy atom. The van der Waals surface area contributed by atoms with E-state index in [1.165, 1.54) is 96.3 Å². The first-order chi connectivity index (χ1) is 15.4. The highest BCUT2D eigenvalue weighted by molar-refractivity contribution is 9.09. The van der Waals surface area contributed by atoms with Gasteiger partial charge >= 0.3 is 0 Å². The van der Waals surface area contributed by atoms with Gasteiger partial charge in [-0.1, -0.05) is 63.4 Å². The summed E-state index contributed by atoms with van der Waals surface area (Å²) in [6.07, 6.45) is 22.9. The lowest BCUT2D eigenvalue weighted by molar-refractivity contribution is -0.306. The summed E-state index contributed by atoms with van der Waals surface area (Å²) in [5.74, 6) is 1.01. The number of rotatable bonds is 8. The number of hydrogen-bond donors (Lipinski definition) is 0. The van der Waals surface area contributed by atoms with E-state index < -0.39 is 0 Å². The van der Waals surface area contributed by atoms with E-state index in [0.717, 1.165) is 12.5 Å². The standard InChI is InChI=1S/C31H51BrO/c1-6-7-8-24(32)9-10-33-31-20-27(4)15-28(5,21-31)19-30(18-27,22-31)29-13-23-11-25(2,16-29)14-26(3,12-23)17-29/h23-24H,6-22H2,1-5H3. The Morgan fingerprint density at radius 1 is 0.697 bits per heavy atom. The Kier molecular flexibility index (Phi) is 5.24. The highest BCUT2D eigenvalue weighted by Gasteiger charge is 2.74. The summed E-state index contributed by atoms with van der Waals surface area (Å²) in [7, 11) is 0. The van der Waals surface area contributed by atoms with E-state index in [-0.39, 0.29) is 5.60 Å². The van der Waals surface area contributed by atoms with Crippen LogP contribution in [0.3, 0.4) is 0 Å². The molecule has 0 amide bonds. The summed E-state index contributed by atoms with van der Waals surface area (Å²) in [4.78, 5) is 0.634. The SMILES string of the molecule is CCCCC(Br)CCOC12CC3(C)CC(C)(C1)CC(C14CC5CC(C)(CC(C)(C5)C1)C4)(C3)C2. The Hall–Kier alpha value is 0.440. The van der Waals surface area contributed by atoms with Crippen molar-refractivity contribution >= 4 is 15.9 Å². The molecule has 8 aliphatic carbocycles. The third kappa shape index (κ3) is 3.76. The molecule has 8 aliphatic rings. The molecule has 8 fully saturated rings. The Labute approximate surface area is 213 Å². The lowest BCUT2D eigenvalue weighted by Gasteiger charge is -2.78. The molecule has 0 saturated heterocycles. The van der Waals surface area contributed by atoms with Gasteiger partial charge in [0.25, 0.3) is 0 Å². The number of unbranched alkanes of at least 4 members (excludes halogenated alkanes) is 1. The third-order valence-corrected chi connectivity index (χ3v) is 12.9. The molecular formula is C31H51BrO. The van der Waals surface area contributed by atoms with Crippen LogP contribution >= 0.6 is 15.9 Å². The Morgan fingerprint density at radius 3 is 1.85 bits per heavy atom. The van der Waals surface area contributed by atoms with Gasteiger partial charge < -0.3 is 4.74 Å². The molecule has 0 aromatic heterocycles. The lowest BCUT2D eigenvalue weighted by atomic mass is 9.28. The second kappa shape index (κ2) is 7.26. The van der Waals surface area contributed by atoms with Crippen molar-refractivity contribution in [3.05, 3.63) is 0 Å². The largest absolute Gasteiger partial charge is 0.375 e. The van der Waals surface area contributed by atoms with E-state index in [1.54, 1.807) is 6.42 Å². The zero-order valence-corrected chi connectivity index (χ0v) is 24.0. The van der Waals surface area contributed by atoms with E-state index in [4.69, 9.17) is 4.74 Å². The van der Waals surface area contributed by atoms with Crippen molar-refractivity contribution in [3.63, 3.8) is 0 Å². The second-order valence-corrected chi connectivity index (χ2v) is 17.7. The quantitative estimate of drug-likeness (QED) is 0.290. The van der Waals surface area contributed by atoms with Crippen molar-refractivity contribution in [2.24, 2.45) is 38.4 Å². The van der Waals surface area contributed by atoms with Crippen LogP contribution in [0.4, 0.5) is 0 Å². The van der Waals surface area contributed by atoms with Crippen LogP contribution in [0.1, 0.15) is 137 Å². The van der Waals surface area contributed by atoms with E-state index >= 15 is 0 Å². The van der Waals surface area contributed by atoms with Gasteiger partial charge in [0.1, 0.15) is 0 Å². The summed E-state index contributed by atoms with van der Waals surface area (Å²) >= 11 is 3.96. The van der Waals surface area contributed by atoms with Gasteiger partial charge in [-0.2, -0.15) is 0 Å². The fourth-order valence-electron chi connectivity index (χ4n) is 13.3.